The summed E-state index contributed by atoms with van der Waals surface area (Å²) in [6.07, 6.45) is 1.77. The first kappa shape index (κ1) is 15.6. The van der Waals surface area contributed by atoms with Crippen LogP contribution < -0.4 is 10.1 Å². The number of aromatic nitrogens is 1. The Morgan fingerprint density at radius 2 is 2.22 bits per heavy atom. The lowest BCUT2D eigenvalue weighted by atomic mass is 10.1. The van der Waals surface area contributed by atoms with Gasteiger partial charge in [-0.25, -0.2) is 8.42 Å². The van der Waals surface area contributed by atoms with Crippen LogP contribution in [0.15, 0.2) is 35.7 Å². The fourth-order valence-electron chi connectivity index (χ4n) is 2.66. The van der Waals surface area contributed by atoms with Gasteiger partial charge in [0, 0.05) is 34.3 Å². The van der Waals surface area contributed by atoms with Crippen molar-refractivity contribution in [3.05, 3.63) is 41.4 Å². The van der Waals surface area contributed by atoms with Crippen LogP contribution >= 0.6 is 0 Å². The third-order valence-corrected chi connectivity index (χ3v) is 5.28. The van der Waals surface area contributed by atoms with Crippen molar-refractivity contribution in [1.82, 2.24) is 10.3 Å². The average Bonchev–Trinajstić information content (AvgIpc) is 3.06. The van der Waals surface area contributed by atoms with Gasteiger partial charge in [0.15, 0.2) is 9.84 Å². The molecular weight excluding hydrogens is 316 g/mol. The van der Waals surface area contributed by atoms with E-state index in [1.165, 1.54) is 5.41 Å². The number of rotatable bonds is 5. The molecule has 0 saturated heterocycles. The summed E-state index contributed by atoms with van der Waals surface area (Å²) >= 11 is 0. The van der Waals surface area contributed by atoms with E-state index < -0.39 is 9.84 Å². The molecule has 1 aromatic carbocycles. The molecule has 1 atom stereocenters. The van der Waals surface area contributed by atoms with Crippen molar-refractivity contribution in [3.63, 3.8) is 0 Å². The molecule has 23 heavy (non-hydrogen) atoms. The number of aromatic amines is 1. The number of methoxy groups -OCH3 is 1. The Morgan fingerprint density at radius 3 is 2.91 bits per heavy atom. The maximum absolute atomic E-state index is 11.9. The van der Waals surface area contributed by atoms with Gasteiger partial charge in [-0.2, -0.15) is 0 Å². The van der Waals surface area contributed by atoms with Gasteiger partial charge >= 0.3 is 0 Å². The standard InChI is InChI=1S/C16H18N2O4S/c1-22-14-2-3-15-12(8-14)7-13(18-15)9-17-16(19)6-11-4-5-23(20,21)10-11/h2-5,7-8,11,18H,6,9-10H2,1H3,(H,17,19). The van der Waals surface area contributed by atoms with E-state index in [2.05, 4.69) is 10.3 Å². The highest BCUT2D eigenvalue weighted by atomic mass is 32.2. The van der Waals surface area contributed by atoms with Crippen LogP contribution in [0.1, 0.15) is 12.1 Å². The number of H-pyrrole nitrogens is 1. The second kappa shape index (κ2) is 6.08. The normalized spacial score (nSPS) is 19.1. The number of ether oxygens (including phenoxy) is 1. The zero-order valence-electron chi connectivity index (χ0n) is 12.7. The van der Waals surface area contributed by atoms with Crippen LogP contribution in [-0.4, -0.2) is 32.2 Å². The number of amides is 1. The minimum Gasteiger partial charge on any atom is -0.497 e. The van der Waals surface area contributed by atoms with Gasteiger partial charge in [0.05, 0.1) is 19.4 Å². The van der Waals surface area contributed by atoms with Crippen molar-refractivity contribution in [2.75, 3.05) is 12.9 Å². The molecule has 1 aromatic heterocycles. The highest BCUT2D eigenvalue weighted by Crippen LogP contribution is 2.21. The smallest absolute Gasteiger partial charge is 0.220 e. The molecule has 6 nitrogen and oxygen atoms in total. The van der Waals surface area contributed by atoms with Crippen molar-refractivity contribution in [3.8, 4) is 5.75 Å². The van der Waals surface area contributed by atoms with E-state index in [9.17, 15) is 13.2 Å². The number of carbonyl (C=O) groups excluding carboxylic acids is 1. The molecule has 1 unspecified atom stereocenters. The van der Waals surface area contributed by atoms with E-state index in [0.717, 1.165) is 22.3 Å². The number of fused-ring (bicyclic) bond motifs is 1. The van der Waals surface area contributed by atoms with Gasteiger partial charge in [-0.15, -0.1) is 0 Å². The highest BCUT2D eigenvalue weighted by molar-refractivity contribution is 7.94. The number of sulfone groups is 1. The molecule has 0 radical (unpaired) electrons. The lowest BCUT2D eigenvalue weighted by molar-refractivity contribution is -0.121. The van der Waals surface area contributed by atoms with E-state index in [0.29, 0.717) is 6.54 Å². The van der Waals surface area contributed by atoms with Crippen molar-refractivity contribution in [1.29, 1.82) is 0 Å². The minimum absolute atomic E-state index is 0.0204. The van der Waals surface area contributed by atoms with Crippen molar-refractivity contribution < 1.29 is 17.9 Å². The summed E-state index contributed by atoms with van der Waals surface area (Å²) in [5.41, 5.74) is 1.86. The van der Waals surface area contributed by atoms with Crippen LogP contribution in [0.5, 0.6) is 5.75 Å². The van der Waals surface area contributed by atoms with Gasteiger partial charge < -0.3 is 15.0 Å². The van der Waals surface area contributed by atoms with Gasteiger partial charge in [-0.3, -0.25) is 4.79 Å². The van der Waals surface area contributed by atoms with Crippen molar-refractivity contribution in [2.24, 2.45) is 5.92 Å². The minimum atomic E-state index is -3.11. The molecule has 122 valence electrons. The summed E-state index contributed by atoms with van der Waals surface area (Å²) in [6.45, 7) is 0.374. The third kappa shape index (κ3) is 3.73. The first-order chi connectivity index (χ1) is 10.9. The monoisotopic (exact) mass is 334 g/mol. The Balaban J connectivity index is 1.58. The lowest BCUT2D eigenvalue weighted by Crippen LogP contribution is -2.25. The molecule has 1 aliphatic heterocycles. The molecule has 0 spiro atoms. The second-order valence-electron chi connectivity index (χ2n) is 5.65. The molecule has 0 bridgehead atoms. The number of allylic oxidation sites excluding steroid dienone is 1. The quantitative estimate of drug-likeness (QED) is 0.872. The number of nitrogens with one attached hydrogen (secondary N) is 2. The van der Waals surface area contributed by atoms with Crippen LogP contribution in [-0.2, 0) is 21.2 Å². The van der Waals surface area contributed by atoms with Crippen molar-refractivity contribution >= 4 is 26.6 Å². The molecule has 2 heterocycles. The van der Waals surface area contributed by atoms with E-state index in [-0.39, 0.29) is 24.0 Å². The van der Waals surface area contributed by atoms with E-state index in [4.69, 9.17) is 4.74 Å². The predicted molar refractivity (Wildman–Crippen MR) is 87.7 cm³/mol. The summed E-state index contributed by atoms with van der Waals surface area (Å²) in [5.74, 6) is 0.411. The summed E-state index contributed by atoms with van der Waals surface area (Å²) < 4.78 is 27.8. The lowest BCUT2D eigenvalue weighted by Gasteiger charge is -2.07. The van der Waals surface area contributed by atoms with Crippen LogP contribution in [0.2, 0.25) is 0 Å². The Kier molecular flexibility index (Phi) is 4.12. The molecule has 3 rings (SSSR count). The third-order valence-electron chi connectivity index (χ3n) is 3.81. The zero-order chi connectivity index (χ0) is 16.4. The second-order valence-corrected chi connectivity index (χ2v) is 7.58. The summed E-state index contributed by atoms with van der Waals surface area (Å²) in [4.78, 5) is 15.2. The van der Waals surface area contributed by atoms with Gasteiger partial charge in [0.25, 0.3) is 0 Å². The van der Waals surface area contributed by atoms with Gasteiger partial charge in [-0.1, -0.05) is 6.08 Å². The largest absolute Gasteiger partial charge is 0.497 e. The number of carbonyl (C=O) groups is 1. The molecule has 0 aliphatic carbocycles. The highest BCUT2D eigenvalue weighted by Gasteiger charge is 2.23. The zero-order valence-corrected chi connectivity index (χ0v) is 13.5. The molecule has 1 aliphatic rings. The number of hydrogen-bond donors (Lipinski definition) is 2. The maximum Gasteiger partial charge on any atom is 0.220 e. The van der Waals surface area contributed by atoms with Crippen LogP contribution in [0, 0.1) is 5.92 Å². The average molecular weight is 334 g/mol. The fraction of sp³-hybridized carbons (Fsp3) is 0.312. The first-order valence-electron chi connectivity index (χ1n) is 7.28. The Labute approximate surface area is 134 Å². The van der Waals surface area contributed by atoms with Crippen LogP contribution in [0.4, 0.5) is 0 Å². The Hall–Kier alpha value is -2.28. The summed E-state index contributed by atoms with van der Waals surface area (Å²) in [6, 6.07) is 7.67. The van der Waals surface area contributed by atoms with Gasteiger partial charge in [0.2, 0.25) is 5.91 Å². The number of hydrogen-bond acceptors (Lipinski definition) is 4. The fourth-order valence-corrected chi connectivity index (χ4v) is 4.06. The van der Waals surface area contributed by atoms with Gasteiger partial charge in [-0.05, 0) is 24.3 Å². The Morgan fingerprint density at radius 1 is 1.39 bits per heavy atom. The van der Waals surface area contributed by atoms with Crippen molar-refractivity contribution in [2.45, 2.75) is 13.0 Å². The molecule has 0 fully saturated rings. The summed E-state index contributed by atoms with van der Waals surface area (Å²) in [5, 5.41) is 5.02. The summed E-state index contributed by atoms with van der Waals surface area (Å²) in [7, 11) is -1.49. The van der Waals surface area contributed by atoms with E-state index in [1.807, 2.05) is 24.3 Å². The molecular formula is C16H18N2O4S. The van der Waals surface area contributed by atoms with Crippen LogP contribution in [0.25, 0.3) is 10.9 Å². The van der Waals surface area contributed by atoms with E-state index in [1.54, 1.807) is 13.2 Å². The maximum atomic E-state index is 11.9. The van der Waals surface area contributed by atoms with E-state index >= 15 is 0 Å². The predicted octanol–water partition coefficient (Wildman–Crippen LogP) is 1.74. The molecule has 1 amide bonds. The molecule has 2 aromatic rings. The topological polar surface area (TPSA) is 88.3 Å². The number of benzene rings is 1. The Bertz CT molecular complexity index is 867. The first-order valence-corrected chi connectivity index (χ1v) is 9.00. The molecule has 7 heteroatoms. The molecule has 0 saturated carbocycles. The van der Waals surface area contributed by atoms with Gasteiger partial charge in [0.1, 0.15) is 5.75 Å². The van der Waals surface area contributed by atoms with Crippen LogP contribution in [0.3, 0.4) is 0 Å². The molecule has 2 N–H and O–H groups in total. The SMILES string of the molecule is COc1ccc2[nH]c(CNC(=O)CC3C=CS(=O)(=O)C3)cc2c1.